The lowest BCUT2D eigenvalue weighted by atomic mass is 10.1. The van der Waals surface area contributed by atoms with Crippen LogP contribution in [0.15, 0.2) is 24.3 Å². The van der Waals surface area contributed by atoms with Gasteiger partial charge in [-0.3, -0.25) is 0 Å². The molecular weight excluding hydrogens is 304 g/mol. The second-order valence-electron chi connectivity index (χ2n) is 5.88. The van der Waals surface area contributed by atoms with Crippen molar-refractivity contribution in [1.29, 1.82) is 0 Å². The molecule has 0 spiro atoms. The lowest BCUT2D eigenvalue weighted by Crippen LogP contribution is -1.97. The second kappa shape index (κ2) is 14.5. The van der Waals surface area contributed by atoms with Crippen LogP contribution in [0.4, 0.5) is 0 Å². The highest BCUT2D eigenvalue weighted by Gasteiger charge is 2.00. The first-order valence-electron chi connectivity index (χ1n) is 9.00. The van der Waals surface area contributed by atoms with E-state index < -0.39 is 0 Å². The Bertz CT molecular complexity index is 415. The first kappa shape index (κ1) is 19.9. The Hall–Kier alpha value is -1.10. The Labute approximate surface area is 145 Å². The molecule has 23 heavy (non-hydrogen) atoms. The van der Waals surface area contributed by atoms with E-state index in [-0.39, 0.29) is 0 Å². The number of thioether (sulfide) groups is 1. The van der Waals surface area contributed by atoms with E-state index in [2.05, 4.69) is 58.8 Å². The van der Waals surface area contributed by atoms with Gasteiger partial charge in [-0.2, -0.15) is 17.0 Å². The van der Waals surface area contributed by atoms with Gasteiger partial charge in [0.25, 0.3) is 0 Å². The molecule has 1 N–H and O–H groups in total. The quantitative estimate of drug-likeness (QED) is 0.378. The van der Waals surface area contributed by atoms with Crippen LogP contribution < -0.4 is 0 Å². The zero-order chi connectivity index (χ0) is 16.6. The summed E-state index contributed by atoms with van der Waals surface area (Å²) in [5.74, 6) is 1.82. The van der Waals surface area contributed by atoms with E-state index in [4.69, 9.17) is 0 Å². The topological polar surface area (TPSA) is 54.5 Å². The Morgan fingerprint density at radius 3 is 2.61 bits per heavy atom. The van der Waals surface area contributed by atoms with Crippen molar-refractivity contribution in [3.63, 3.8) is 0 Å². The lowest BCUT2D eigenvalue weighted by Gasteiger charge is -2.03. The zero-order valence-electron chi connectivity index (χ0n) is 14.7. The third-order valence-electron chi connectivity index (χ3n) is 3.70. The van der Waals surface area contributed by atoms with Crippen LogP contribution in [0.5, 0.6) is 0 Å². The molecule has 1 rings (SSSR count). The van der Waals surface area contributed by atoms with Gasteiger partial charge in [0.2, 0.25) is 0 Å². The Balaban J connectivity index is 1.93. The molecule has 0 saturated heterocycles. The fraction of sp³-hybridized carbons (Fsp3) is 0.722. The molecule has 0 fully saturated rings. The van der Waals surface area contributed by atoms with E-state index in [0.717, 1.165) is 18.0 Å². The number of hydrogen-bond donors (Lipinski definition) is 1. The molecule has 1 unspecified atom stereocenters. The van der Waals surface area contributed by atoms with Crippen LogP contribution in [0.2, 0.25) is 0 Å². The van der Waals surface area contributed by atoms with Crippen molar-refractivity contribution in [2.24, 2.45) is 0 Å². The summed E-state index contributed by atoms with van der Waals surface area (Å²) >= 11 is 1.91. The highest BCUT2D eigenvalue weighted by molar-refractivity contribution is 8.00. The molecule has 130 valence electrons. The average Bonchev–Trinajstić information content (AvgIpc) is 3.06. The second-order valence-corrected chi connectivity index (χ2v) is 7.36. The van der Waals surface area contributed by atoms with Crippen molar-refractivity contribution in [3.05, 3.63) is 30.1 Å². The predicted octanol–water partition coefficient (Wildman–Crippen LogP) is 5.12. The van der Waals surface area contributed by atoms with Crippen molar-refractivity contribution in [3.8, 4) is 0 Å². The predicted molar refractivity (Wildman–Crippen MR) is 101 cm³/mol. The van der Waals surface area contributed by atoms with Crippen molar-refractivity contribution in [1.82, 2.24) is 20.6 Å². The molecule has 0 amide bonds. The minimum atomic E-state index is 0.519. The summed E-state index contributed by atoms with van der Waals surface area (Å²) in [5, 5.41) is 14.5. The van der Waals surface area contributed by atoms with E-state index in [1.165, 1.54) is 51.4 Å². The molecule has 1 heterocycles. The van der Waals surface area contributed by atoms with Gasteiger partial charge in [0.1, 0.15) is 0 Å². The van der Waals surface area contributed by atoms with E-state index in [9.17, 15) is 0 Å². The number of aromatic amines is 1. The van der Waals surface area contributed by atoms with Crippen LogP contribution >= 0.6 is 11.8 Å². The van der Waals surface area contributed by atoms with Crippen molar-refractivity contribution >= 4 is 11.8 Å². The van der Waals surface area contributed by atoms with E-state index in [1.807, 2.05) is 11.8 Å². The van der Waals surface area contributed by atoms with Crippen LogP contribution in [-0.2, 0) is 6.42 Å². The number of aromatic nitrogens is 4. The van der Waals surface area contributed by atoms with Gasteiger partial charge in [0.05, 0.1) is 0 Å². The van der Waals surface area contributed by atoms with Crippen molar-refractivity contribution < 1.29 is 0 Å². The Morgan fingerprint density at radius 1 is 1.09 bits per heavy atom. The average molecular weight is 337 g/mol. The minimum absolute atomic E-state index is 0.519. The monoisotopic (exact) mass is 336 g/mol. The highest BCUT2D eigenvalue weighted by Crippen LogP contribution is 2.13. The molecule has 0 radical (unpaired) electrons. The van der Waals surface area contributed by atoms with Crippen LogP contribution in [0.1, 0.15) is 71.0 Å². The van der Waals surface area contributed by atoms with Crippen LogP contribution in [0.25, 0.3) is 0 Å². The number of tetrazole rings is 1. The summed E-state index contributed by atoms with van der Waals surface area (Å²) in [4.78, 5) is 0. The molecule has 0 aliphatic carbocycles. The Kier molecular flexibility index (Phi) is 12.6. The number of H-pyrrole nitrogens is 1. The molecule has 0 aliphatic heterocycles. The summed E-state index contributed by atoms with van der Waals surface area (Å²) in [5.41, 5.74) is 0. The van der Waals surface area contributed by atoms with Gasteiger partial charge in [-0.1, -0.05) is 75.0 Å². The maximum Gasteiger partial charge on any atom is 0.175 e. The van der Waals surface area contributed by atoms with E-state index in [0.29, 0.717) is 5.25 Å². The summed E-state index contributed by atoms with van der Waals surface area (Å²) in [7, 11) is 0. The number of unbranched alkanes of at least 4 members (excludes halogenated alkanes) is 7. The fourth-order valence-corrected chi connectivity index (χ4v) is 3.17. The molecule has 1 aromatic heterocycles. The number of aryl methyl sites for hydroxylation is 1. The van der Waals surface area contributed by atoms with Crippen LogP contribution in [0, 0.1) is 0 Å². The SMILES string of the molecule is CCCCCCCCCC=CC=CC(C)SCCc1nn[nH]n1. The van der Waals surface area contributed by atoms with Gasteiger partial charge < -0.3 is 0 Å². The molecule has 1 aromatic rings. The molecule has 1 atom stereocenters. The first-order chi connectivity index (χ1) is 11.3. The van der Waals surface area contributed by atoms with Gasteiger partial charge in [-0.05, 0) is 19.8 Å². The number of nitrogens with one attached hydrogen (secondary N) is 1. The van der Waals surface area contributed by atoms with Crippen LogP contribution in [0.3, 0.4) is 0 Å². The normalized spacial score (nSPS) is 13.3. The zero-order valence-corrected chi connectivity index (χ0v) is 15.5. The molecule has 0 saturated carbocycles. The van der Waals surface area contributed by atoms with Crippen molar-refractivity contribution in [2.45, 2.75) is 76.9 Å². The van der Waals surface area contributed by atoms with Gasteiger partial charge >= 0.3 is 0 Å². The van der Waals surface area contributed by atoms with E-state index >= 15 is 0 Å². The maximum absolute atomic E-state index is 3.95. The standard InChI is InChI=1S/C18H32N4S/c1-3-4-5-6-7-8-9-10-11-12-13-14-17(2)23-16-15-18-19-21-22-20-18/h11-14,17H,3-10,15-16H2,1-2H3,(H,19,20,21,22). The summed E-state index contributed by atoms with van der Waals surface area (Å²) in [6.07, 6.45) is 20.6. The molecule has 4 nitrogen and oxygen atoms in total. The number of hydrogen-bond acceptors (Lipinski definition) is 4. The molecule has 0 aromatic carbocycles. The molecular formula is C18H32N4S. The third kappa shape index (κ3) is 12.0. The van der Waals surface area contributed by atoms with Gasteiger partial charge in [0, 0.05) is 17.4 Å². The summed E-state index contributed by atoms with van der Waals surface area (Å²) in [6, 6.07) is 0. The molecule has 0 bridgehead atoms. The van der Waals surface area contributed by atoms with Crippen molar-refractivity contribution in [2.75, 3.05) is 5.75 Å². The fourth-order valence-electron chi connectivity index (χ4n) is 2.29. The lowest BCUT2D eigenvalue weighted by molar-refractivity contribution is 0.592. The first-order valence-corrected chi connectivity index (χ1v) is 10.0. The maximum atomic E-state index is 3.95. The smallest absolute Gasteiger partial charge is 0.175 e. The summed E-state index contributed by atoms with van der Waals surface area (Å²) in [6.45, 7) is 4.49. The number of rotatable bonds is 14. The summed E-state index contributed by atoms with van der Waals surface area (Å²) < 4.78 is 0. The van der Waals surface area contributed by atoms with Gasteiger partial charge in [0.15, 0.2) is 5.82 Å². The Morgan fingerprint density at radius 2 is 1.87 bits per heavy atom. The molecule has 5 heteroatoms. The molecule has 0 aliphatic rings. The largest absolute Gasteiger partial charge is 0.177 e. The third-order valence-corrected chi connectivity index (χ3v) is 4.82. The van der Waals surface area contributed by atoms with E-state index in [1.54, 1.807) is 0 Å². The van der Waals surface area contributed by atoms with Gasteiger partial charge in [-0.25, -0.2) is 0 Å². The van der Waals surface area contributed by atoms with Gasteiger partial charge in [-0.15, -0.1) is 10.2 Å². The highest BCUT2D eigenvalue weighted by atomic mass is 32.2. The number of nitrogens with zero attached hydrogens (tertiary/aromatic N) is 3. The van der Waals surface area contributed by atoms with Crippen LogP contribution in [-0.4, -0.2) is 31.6 Å². The minimum Gasteiger partial charge on any atom is -0.177 e. The number of allylic oxidation sites excluding steroid dienone is 3.